The number of piperidine rings is 1. The number of methoxy groups -OCH3 is 1. The van der Waals surface area contributed by atoms with E-state index in [2.05, 4.69) is 40.8 Å². The van der Waals surface area contributed by atoms with E-state index in [1.165, 1.54) is 0 Å². The molecule has 160 valence electrons. The molecule has 5 nitrogen and oxygen atoms in total. The molecular weight excluding hydrogens is 382 g/mol. The van der Waals surface area contributed by atoms with Crippen LogP contribution in [0.2, 0.25) is 18.1 Å². The van der Waals surface area contributed by atoms with Crippen molar-refractivity contribution in [3.05, 3.63) is 23.5 Å². The molecule has 1 aliphatic rings. The van der Waals surface area contributed by atoms with Crippen LogP contribution in [0.15, 0.2) is 16.5 Å². The minimum Gasteiger partial charge on any atom is -0.541 e. The standard InChI is InChI=1S/C23H35NO4Si/c1-15-9-11-24(12-10-15)22(25)21-16(2)27-18-14-19(26-6)20(13-17(18)21)28-29(7,8)23(3,4)5/h13-15H,9-12H2,1-8H3. The first kappa shape index (κ1) is 21.7. The van der Waals surface area contributed by atoms with E-state index in [0.29, 0.717) is 34.3 Å². The second-order valence-corrected chi connectivity index (χ2v) is 14.6. The molecular formula is C23H35NO4Si. The molecule has 0 atom stereocenters. The van der Waals surface area contributed by atoms with Crippen molar-refractivity contribution in [3.8, 4) is 11.5 Å². The Morgan fingerprint density at radius 3 is 2.34 bits per heavy atom. The van der Waals surface area contributed by atoms with Crippen molar-refractivity contribution < 1.29 is 18.4 Å². The Labute approximate surface area is 175 Å². The number of ether oxygens (including phenoxy) is 1. The Morgan fingerprint density at radius 1 is 1.17 bits per heavy atom. The topological polar surface area (TPSA) is 51.9 Å². The summed E-state index contributed by atoms with van der Waals surface area (Å²) >= 11 is 0. The summed E-state index contributed by atoms with van der Waals surface area (Å²) in [5, 5.41) is 0.864. The zero-order valence-electron chi connectivity index (χ0n) is 19.1. The number of hydrogen-bond acceptors (Lipinski definition) is 4. The van der Waals surface area contributed by atoms with Gasteiger partial charge in [0.05, 0.1) is 12.7 Å². The highest BCUT2D eigenvalue weighted by Crippen LogP contribution is 2.42. The summed E-state index contributed by atoms with van der Waals surface area (Å²) in [4.78, 5) is 15.3. The van der Waals surface area contributed by atoms with Gasteiger partial charge in [-0.3, -0.25) is 4.79 Å². The van der Waals surface area contributed by atoms with Crippen LogP contribution in [-0.2, 0) is 0 Å². The predicted molar refractivity (Wildman–Crippen MR) is 120 cm³/mol. The molecule has 0 N–H and O–H groups in total. The van der Waals surface area contributed by atoms with Gasteiger partial charge in [-0.15, -0.1) is 0 Å². The van der Waals surface area contributed by atoms with Gasteiger partial charge in [-0.1, -0.05) is 27.7 Å². The minimum absolute atomic E-state index is 0.0524. The lowest BCUT2D eigenvalue weighted by Crippen LogP contribution is -2.43. The van der Waals surface area contributed by atoms with Gasteiger partial charge in [-0.05, 0) is 49.9 Å². The first-order chi connectivity index (χ1) is 13.4. The van der Waals surface area contributed by atoms with Gasteiger partial charge in [0.1, 0.15) is 17.1 Å². The molecule has 2 heterocycles. The maximum absolute atomic E-state index is 13.3. The highest BCUT2D eigenvalue weighted by molar-refractivity contribution is 6.74. The smallest absolute Gasteiger partial charge is 0.258 e. The monoisotopic (exact) mass is 417 g/mol. The zero-order chi connectivity index (χ0) is 21.6. The number of carbonyl (C=O) groups is 1. The minimum atomic E-state index is -2.06. The normalized spacial score (nSPS) is 16.3. The van der Waals surface area contributed by atoms with Crippen LogP contribution in [0, 0.1) is 12.8 Å². The Kier molecular flexibility index (Phi) is 5.78. The molecule has 0 spiro atoms. The molecule has 0 radical (unpaired) electrons. The highest BCUT2D eigenvalue weighted by atomic mass is 28.4. The van der Waals surface area contributed by atoms with Crippen molar-refractivity contribution in [2.24, 2.45) is 5.92 Å². The molecule has 2 aromatic rings. The lowest BCUT2D eigenvalue weighted by molar-refractivity contribution is 0.0697. The summed E-state index contributed by atoms with van der Waals surface area (Å²) in [6.45, 7) is 16.7. The molecule has 1 aromatic heterocycles. The van der Waals surface area contributed by atoms with Crippen molar-refractivity contribution in [2.75, 3.05) is 20.2 Å². The Bertz CT molecular complexity index is 902. The maximum atomic E-state index is 13.3. The van der Waals surface area contributed by atoms with Crippen molar-refractivity contribution in [1.29, 1.82) is 0 Å². The van der Waals surface area contributed by atoms with E-state index in [1.807, 2.05) is 24.0 Å². The van der Waals surface area contributed by atoms with Gasteiger partial charge in [0.15, 0.2) is 5.75 Å². The van der Waals surface area contributed by atoms with Crippen LogP contribution in [0.25, 0.3) is 11.0 Å². The van der Waals surface area contributed by atoms with Gasteiger partial charge < -0.3 is 18.5 Å². The Hall–Kier alpha value is -1.95. The average molecular weight is 418 g/mol. The number of amides is 1. The SMILES string of the molecule is COc1cc2oc(C)c(C(=O)N3CCC(C)CC3)c2cc1O[Si](C)(C)C(C)(C)C. The molecule has 1 aliphatic heterocycles. The van der Waals surface area contributed by atoms with Crippen LogP contribution < -0.4 is 9.16 Å². The summed E-state index contributed by atoms with van der Waals surface area (Å²) in [6.07, 6.45) is 2.10. The van der Waals surface area contributed by atoms with Crippen LogP contribution in [0.4, 0.5) is 0 Å². The van der Waals surface area contributed by atoms with Gasteiger partial charge in [-0.25, -0.2) is 0 Å². The molecule has 1 amide bonds. The van der Waals surface area contributed by atoms with Crippen molar-refractivity contribution in [2.45, 2.75) is 65.6 Å². The van der Waals surface area contributed by atoms with Crippen LogP contribution in [0.5, 0.6) is 11.5 Å². The molecule has 0 unspecified atom stereocenters. The fourth-order valence-electron chi connectivity index (χ4n) is 3.53. The van der Waals surface area contributed by atoms with E-state index >= 15 is 0 Å². The summed E-state index contributed by atoms with van der Waals surface area (Å²) in [6, 6.07) is 3.78. The van der Waals surface area contributed by atoms with E-state index < -0.39 is 8.32 Å². The second kappa shape index (κ2) is 7.71. The van der Waals surface area contributed by atoms with Crippen molar-refractivity contribution in [1.82, 2.24) is 4.90 Å². The van der Waals surface area contributed by atoms with Gasteiger partial charge in [0, 0.05) is 24.5 Å². The lowest BCUT2D eigenvalue weighted by atomic mass is 9.98. The number of furan rings is 1. The number of rotatable bonds is 4. The van der Waals surface area contributed by atoms with Crippen LogP contribution in [0.3, 0.4) is 0 Å². The number of carbonyl (C=O) groups excluding carboxylic acids is 1. The van der Waals surface area contributed by atoms with Crippen molar-refractivity contribution >= 4 is 25.2 Å². The average Bonchev–Trinajstić information content (AvgIpc) is 2.94. The molecule has 1 fully saturated rings. The van der Waals surface area contributed by atoms with E-state index in [0.717, 1.165) is 31.3 Å². The van der Waals surface area contributed by atoms with E-state index in [-0.39, 0.29) is 10.9 Å². The lowest BCUT2D eigenvalue weighted by Gasteiger charge is -2.36. The van der Waals surface area contributed by atoms with Gasteiger partial charge in [0.25, 0.3) is 14.2 Å². The Morgan fingerprint density at radius 2 is 1.79 bits per heavy atom. The van der Waals surface area contributed by atoms with Gasteiger partial charge in [-0.2, -0.15) is 0 Å². The molecule has 0 aliphatic carbocycles. The van der Waals surface area contributed by atoms with Crippen molar-refractivity contribution in [3.63, 3.8) is 0 Å². The number of nitrogens with zero attached hydrogens (tertiary/aromatic N) is 1. The number of likely N-dealkylation sites (tertiary alicyclic amines) is 1. The number of hydrogen-bond donors (Lipinski definition) is 0. The molecule has 1 saturated heterocycles. The maximum Gasteiger partial charge on any atom is 0.258 e. The molecule has 3 rings (SSSR count). The Balaban J connectivity index is 2.04. The van der Waals surface area contributed by atoms with Crippen LogP contribution in [-0.4, -0.2) is 39.3 Å². The molecule has 6 heteroatoms. The van der Waals surface area contributed by atoms with Gasteiger partial charge in [0.2, 0.25) is 0 Å². The molecule has 0 saturated carbocycles. The predicted octanol–water partition coefficient (Wildman–Crippen LogP) is 6.01. The summed E-state index contributed by atoms with van der Waals surface area (Å²) in [5.74, 6) is 2.71. The summed E-state index contributed by atoms with van der Waals surface area (Å²) < 4.78 is 18.1. The fraction of sp³-hybridized carbons (Fsp3) is 0.609. The highest BCUT2D eigenvalue weighted by Gasteiger charge is 2.40. The van der Waals surface area contributed by atoms with E-state index in [9.17, 15) is 4.79 Å². The van der Waals surface area contributed by atoms with E-state index in [1.54, 1.807) is 7.11 Å². The second-order valence-electron chi connectivity index (χ2n) is 9.87. The van der Waals surface area contributed by atoms with Crippen LogP contribution in [0.1, 0.15) is 56.7 Å². The largest absolute Gasteiger partial charge is 0.541 e. The zero-order valence-corrected chi connectivity index (χ0v) is 20.1. The third-order valence-electron chi connectivity index (χ3n) is 6.61. The summed E-state index contributed by atoms with van der Waals surface area (Å²) in [7, 11) is -0.429. The number of fused-ring (bicyclic) bond motifs is 1. The quantitative estimate of drug-likeness (QED) is 0.572. The van der Waals surface area contributed by atoms with Crippen LogP contribution >= 0.6 is 0 Å². The first-order valence-electron chi connectivity index (χ1n) is 10.5. The summed E-state index contributed by atoms with van der Waals surface area (Å²) in [5.41, 5.74) is 1.31. The number of benzene rings is 1. The third-order valence-corrected chi connectivity index (χ3v) is 10.9. The fourth-order valence-corrected chi connectivity index (χ4v) is 4.55. The van der Waals surface area contributed by atoms with Gasteiger partial charge >= 0.3 is 0 Å². The molecule has 1 aromatic carbocycles. The first-order valence-corrected chi connectivity index (χ1v) is 13.4. The third kappa shape index (κ3) is 4.18. The molecule has 29 heavy (non-hydrogen) atoms. The number of aryl methyl sites for hydroxylation is 1. The van der Waals surface area contributed by atoms with E-state index in [4.69, 9.17) is 13.6 Å². The molecule has 0 bridgehead atoms.